The Morgan fingerprint density at radius 2 is 1.83 bits per heavy atom. The van der Waals surface area contributed by atoms with Gasteiger partial charge in [0.25, 0.3) is 0 Å². The van der Waals surface area contributed by atoms with Crippen molar-refractivity contribution < 1.29 is 15.3 Å². The summed E-state index contributed by atoms with van der Waals surface area (Å²) >= 11 is 0. The van der Waals surface area contributed by atoms with Crippen LogP contribution in [0, 0.1) is 0 Å². The molecule has 2 aliphatic heterocycles. The molecule has 70 valence electrons. The third kappa shape index (κ3) is 1.15. The lowest BCUT2D eigenvalue weighted by molar-refractivity contribution is -0.0282. The first kappa shape index (κ1) is 8.44. The van der Waals surface area contributed by atoms with Crippen LogP contribution in [0.5, 0.6) is 0 Å². The smallest absolute Gasteiger partial charge is 0.0991 e. The van der Waals surface area contributed by atoms with Crippen molar-refractivity contribution in [2.24, 2.45) is 0 Å². The Kier molecular flexibility index (Phi) is 2.08. The van der Waals surface area contributed by atoms with Gasteiger partial charge in [0.1, 0.15) is 0 Å². The molecule has 0 unspecified atom stereocenters. The number of hydrogen-bond acceptors (Lipinski definition) is 4. The maximum absolute atomic E-state index is 9.55. The molecule has 2 fully saturated rings. The second kappa shape index (κ2) is 2.96. The molecule has 0 aromatic carbocycles. The molecule has 0 aliphatic carbocycles. The van der Waals surface area contributed by atoms with Crippen molar-refractivity contribution in [2.45, 2.75) is 37.2 Å². The SMILES string of the molecule is O[C@@H]1[C@H]2[C@@H](O)CCCN2C[C@H]1O. The van der Waals surface area contributed by atoms with Crippen molar-refractivity contribution in [1.82, 2.24) is 4.90 Å². The zero-order valence-corrected chi connectivity index (χ0v) is 6.93. The third-order valence-electron chi connectivity index (χ3n) is 2.93. The highest BCUT2D eigenvalue weighted by molar-refractivity contribution is 4.99. The first-order valence-electron chi connectivity index (χ1n) is 4.48. The minimum Gasteiger partial charge on any atom is -0.391 e. The van der Waals surface area contributed by atoms with Crippen LogP contribution >= 0.6 is 0 Å². The summed E-state index contributed by atoms with van der Waals surface area (Å²) in [5.41, 5.74) is 0. The Morgan fingerprint density at radius 1 is 1.08 bits per heavy atom. The Hall–Kier alpha value is -0.160. The molecule has 0 radical (unpaired) electrons. The molecule has 0 spiro atoms. The summed E-state index contributed by atoms with van der Waals surface area (Å²) in [7, 11) is 0. The summed E-state index contributed by atoms with van der Waals surface area (Å²) in [5.74, 6) is 0. The van der Waals surface area contributed by atoms with Crippen LogP contribution in [0.2, 0.25) is 0 Å². The van der Waals surface area contributed by atoms with Gasteiger partial charge in [-0.1, -0.05) is 0 Å². The van der Waals surface area contributed by atoms with Crippen LogP contribution in [-0.2, 0) is 0 Å². The number of rotatable bonds is 0. The van der Waals surface area contributed by atoms with Crippen molar-refractivity contribution in [2.75, 3.05) is 13.1 Å². The average molecular weight is 173 g/mol. The van der Waals surface area contributed by atoms with Crippen LogP contribution in [0.3, 0.4) is 0 Å². The van der Waals surface area contributed by atoms with E-state index in [1.807, 2.05) is 4.90 Å². The largest absolute Gasteiger partial charge is 0.391 e. The number of fused-ring (bicyclic) bond motifs is 1. The average Bonchev–Trinajstić information content (AvgIpc) is 2.29. The Labute approximate surface area is 71.4 Å². The van der Waals surface area contributed by atoms with E-state index in [0.29, 0.717) is 6.54 Å². The normalized spacial score (nSPS) is 49.2. The van der Waals surface area contributed by atoms with Gasteiger partial charge in [0, 0.05) is 6.54 Å². The minimum absolute atomic E-state index is 0.228. The molecule has 12 heavy (non-hydrogen) atoms. The van der Waals surface area contributed by atoms with E-state index in [2.05, 4.69) is 0 Å². The molecule has 4 nitrogen and oxygen atoms in total. The van der Waals surface area contributed by atoms with Gasteiger partial charge in [-0.3, -0.25) is 4.90 Å². The molecule has 2 aliphatic rings. The van der Waals surface area contributed by atoms with Crippen LogP contribution in [0.1, 0.15) is 12.8 Å². The summed E-state index contributed by atoms with van der Waals surface area (Å²) in [4.78, 5) is 1.98. The van der Waals surface area contributed by atoms with Crippen LogP contribution in [0.25, 0.3) is 0 Å². The van der Waals surface area contributed by atoms with E-state index in [-0.39, 0.29) is 6.04 Å². The molecule has 0 amide bonds. The summed E-state index contributed by atoms with van der Waals surface area (Å²) in [6.45, 7) is 1.39. The highest BCUT2D eigenvalue weighted by Crippen LogP contribution is 2.27. The van der Waals surface area contributed by atoms with Gasteiger partial charge in [0.15, 0.2) is 0 Å². The Balaban J connectivity index is 2.12. The van der Waals surface area contributed by atoms with E-state index in [1.54, 1.807) is 0 Å². The summed E-state index contributed by atoms with van der Waals surface area (Å²) < 4.78 is 0. The zero-order valence-electron chi connectivity index (χ0n) is 6.93. The summed E-state index contributed by atoms with van der Waals surface area (Å²) in [5, 5.41) is 28.4. The lowest BCUT2D eigenvalue weighted by Gasteiger charge is -2.34. The van der Waals surface area contributed by atoms with E-state index in [1.165, 1.54) is 0 Å². The molecule has 2 saturated heterocycles. The van der Waals surface area contributed by atoms with E-state index in [4.69, 9.17) is 0 Å². The molecule has 0 saturated carbocycles. The van der Waals surface area contributed by atoms with Crippen molar-refractivity contribution in [1.29, 1.82) is 0 Å². The van der Waals surface area contributed by atoms with Gasteiger partial charge in [0.2, 0.25) is 0 Å². The van der Waals surface area contributed by atoms with Gasteiger partial charge >= 0.3 is 0 Å². The highest BCUT2D eigenvalue weighted by Gasteiger charge is 2.45. The maximum atomic E-state index is 9.55. The molecular weight excluding hydrogens is 158 g/mol. The fourth-order valence-corrected chi connectivity index (χ4v) is 2.30. The first-order valence-corrected chi connectivity index (χ1v) is 4.48. The Bertz CT molecular complexity index is 176. The van der Waals surface area contributed by atoms with Crippen molar-refractivity contribution in [3.8, 4) is 0 Å². The van der Waals surface area contributed by atoms with Gasteiger partial charge in [-0.15, -0.1) is 0 Å². The lowest BCUT2D eigenvalue weighted by Crippen LogP contribution is -2.48. The van der Waals surface area contributed by atoms with Crippen molar-refractivity contribution in [3.05, 3.63) is 0 Å². The second-order valence-corrected chi connectivity index (χ2v) is 3.75. The molecule has 0 bridgehead atoms. The Morgan fingerprint density at radius 3 is 2.50 bits per heavy atom. The fourth-order valence-electron chi connectivity index (χ4n) is 2.30. The molecule has 3 N–H and O–H groups in total. The van der Waals surface area contributed by atoms with E-state index >= 15 is 0 Å². The lowest BCUT2D eigenvalue weighted by atomic mass is 9.97. The minimum atomic E-state index is -0.764. The number of hydrogen-bond donors (Lipinski definition) is 3. The monoisotopic (exact) mass is 173 g/mol. The van der Waals surface area contributed by atoms with Crippen LogP contribution in [0.4, 0.5) is 0 Å². The molecular formula is C8H15NO3. The quantitative estimate of drug-likeness (QED) is 0.419. The van der Waals surface area contributed by atoms with Gasteiger partial charge in [-0.25, -0.2) is 0 Å². The predicted octanol–water partition coefficient (Wildman–Crippen LogP) is -1.45. The van der Waals surface area contributed by atoms with Gasteiger partial charge in [0.05, 0.1) is 24.4 Å². The third-order valence-corrected chi connectivity index (χ3v) is 2.93. The van der Waals surface area contributed by atoms with Gasteiger partial charge in [-0.2, -0.15) is 0 Å². The number of aliphatic hydroxyl groups is 3. The topological polar surface area (TPSA) is 63.9 Å². The summed E-state index contributed by atoms with van der Waals surface area (Å²) in [6.07, 6.45) is -0.212. The van der Waals surface area contributed by atoms with Crippen LogP contribution in [-0.4, -0.2) is 57.7 Å². The van der Waals surface area contributed by atoms with E-state index < -0.39 is 18.3 Å². The maximum Gasteiger partial charge on any atom is 0.0991 e. The zero-order chi connectivity index (χ0) is 8.72. The first-order chi connectivity index (χ1) is 5.70. The number of nitrogens with zero attached hydrogens (tertiary/aromatic N) is 1. The van der Waals surface area contributed by atoms with Crippen LogP contribution in [0.15, 0.2) is 0 Å². The van der Waals surface area contributed by atoms with Crippen LogP contribution < -0.4 is 0 Å². The molecule has 4 atom stereocenters. The molecule has 0 aromatic rings. The summed E-state index contributed by atoms with van der Waals surface area (Å²) in [6, 6.07) is -0.228. The molecule has 2 rings (SSSR count). The van der Waals surface area contributed by atoms with E-state index in [9.17, 15) is 15.3 Å². The highest BCUT2D eigenvalue weighted by atomic mass is 16.3. The van der Waals surface area contributed by atoms with Crippen molar-refractivity contribution in [3.63, 3.8) is 0 Å². The second-order valence-electron chi connectivity index (χ2n) is 3.75. The fraction of sp³-hybridized carbons (Fsp3) is 1.00. The van der Waals surface area contributed by atoms with Gasteiger partial charge in [-0.05, 0) is 19.4 Å². The molecule has 4 heteroatoms. The predicted molar refractivity (Wildman–Crippen MR) is 42.6 cm³/mol. The molecule has 0 aromatic heterocycles. The molecule has 2 heterocycles. The van der Waals surface area contributed by atoms with Crippen molar-refractivity contribution >= 4 is 0 Å². The standard InChI is InChI=1S/C8H15NO3/c10-5-2-1-3-9-4-6(11)8(12)7(5)9/h5-8,10-12H,1-4H2/t5-,6+,7+,8-/m0/s1. The number of piperidine rings is 1. The van der Waals surface area contributed by atoms with Gasteiger partial charge < -0.3 is 15.3 Å². The van der Waals surface area contributed by atoms with E-state index in [0.717, 1.165) is 19.4 Å². The number of aliphatic hydroxyl groups excluding tert-OH is 3.